The summed E-state index contributed by atoms with van der Waals surface area (Å²) in [5.41, 5.74) is 15.9. The van der Waals surface area contributed by atoms with E-state index >= 15 is 0 Å². The minimum Gasteiger partial charge on any atom is -0.454 e. The Morgan fingerprint density at radius 1 is 0.302 bits per heavy atom. The fraction of sp³-hybridized carbons (Fsp3) is 0. The summed E-state index contributed by atoms with van der Waals surface area (Å²) in [6, 6.07) is 78.5. The molecular weight excluding hydrogens is 767 g/mol. The molecule has 294 valence electrons. The lowest BCUT2D eigenvalue weighted by molar-refractivity contribution is 0.669. The second-order valence-electron chi connectivity index (χ2n) is 16.0. The van der Waals surface area contributed by atoms with Gasteiger partial charge in [0.25, 0.3) is 0 Å². The summed E-state index contributed by atoms with van der Waals surface area (Å²) >= 11 is 0. The van der Waals surface area contributed by atoms with Gasteiger partial charge in [0.2, 0.25) is 0 Å². The van der Waals surface area contributed by atoms with E-state index < -0.39 is 0 Å². The van der Waals surface area contributed by atoms with Crippen molar-refractivity contribution >= 4 is 43.6 Å². The van der Waals surface area contributed by atoms with Gasteiger partial charge in [0.15, 0.2) is 11.4 Å². The van der Waals surface area contributed by atoms with Gasteiger partial charge in [-0.3, -0.25) is 0 Å². The molecular formula is C59H37N3O. The molecule has 0 radical (unpaired) electrons. The molecule has 12 aromatic rings. The van der Waals surface area contributed by atoms with Crippen molar-refractivity contribution in [2.45, 2.75) is 0 Å². The summed E-state index contributed by atoms with van der Waals surface area (Å²) in [5, 5.41) is 5.64. The Labute approximate surface area is 364 Å². The van der Waals surface area contributed by atoms with E-state index in [0.717, 1.165) is 94.4 Å². The Kier molecular flexibility index (Phi) is 8.79. The highest BCUT2D eigenvalue weighted by Gasteiger charge is 2.20. The van der Waals surface area contributed by atoms with E-state index in [4.69, 9.17) is 19.4 Å². The van der Waals surface area contributed by atoms with E-state index in [1.54, 1.807) is 0 Å². The number of aromatic nitrogens is 3. The molecule has 0 saturated heterocycles. The van der Waals surface area contributed by atoms with Crippen LogP contribution >= 0.6 is 0 Å². The molecule has 0 spiro atoms. The van der Waals surface area contributed by atoms with Gasteiger partial charge >= 0.3 is 0 Å². The summed E-state index contributed by atoms with van der Waals surface area (Å²) < 4.78 is 6.69. The SMILES string of the molecule is c1ccc(-c2ccc(-c3cc(-c4cccc(-c5cccc(-c6nc7ccc8ccccc8c7c7c6oc6ccccc67)c5)c4)nc(-c4ccc(-c5ccccc5)cc4)n3)cc2)cc1. The zero-order chi connectivity index (χ0) is 41.7. The molecule has 0 N–H and O–H groups in total. The van der Waals surface area contributed by atoms with Gasteiger partial charge in [0.05, 0.1) is 16.9 Å². The first-order valence-corrected chi connectivity index (χ1v) is 21.2. The predicted molar refractivity (Wildman–Crippen MR) is 260 cm³/mol. The first kappa shape index (κ1) is 36.4. The molecule has 0 aliphatic carbocycles. The molecule has 3 aromatic heterocycles. The average molecular weight is 804 g/mol. The molecule has 0 unspecified atom stereocenters. The van der Waals surface area contributed by atoms with E-state index in [9.17, 15) is 0 Å². The quantitative estimate of drug-likeness (QED) is 0.151. The average Bonchev–Trinajstić information content (AvgIpc) is 3.76. The largest absolute Gasteiger partial charge is 0.454 e. The predicted octanol–water partition coefficient (Wildman–Crippen LogP) is 15.7. The summed E-state index contributed by atoms with van der Waals surface area (Å²) in [6.07, 6.45) is 0. The summed E-state index contributed by atoms with van der Waals surface area (Å²) in [6.45, 7) is 0. The van der Waals surface area contributed by atoms with Crippen molar-refractivity contribution in [1.82, 2.24) is 15.0 Å². The van der Waals surface area contributed by atoms with Gasteiger partial charge in [-0.1, -0.05) is 194 Å². The van der Waals surface area contributed by atoms with E-state index in [2.05, 4.69) is 200 Å². The molecule has 0 bridgehead atoms. The zero-order valence-corrected chi connectivity index (χ0v) is 34.1. The highest BCUT2D eigenvalue weighted by molar-refractivity contribution is 6.27. The van der Waals surface area contributed by atoms with Crippen LogP contribution in [0.2, 0.25) is 0 Å². The van der Waals surface area contributed by atoms with Gasteiger partial charge in [0, 0.05) is 38.4 Å². The highest BCUT2D eigenvalue weighted by atomic mass is 16.3. The number of furan rings is 1. The normalized spacial score (nSPS) is 11.5. The van der Waals surface area contributed by atoms with Crippen LogP contribution in [0, 0.1) is 0 Å². The van der Waals surface area contributed by atoms with Crippen LogP contribution in [0.4, 0.5) is 0 Å². The van der Waals surface area contributed by atoms with Gasteiger partial charge in [-0.15, -0.1) is 0 Å². The molecule has 0 atom stereocenters. The molecule has 12 rings (SSSR count). The van der Waals surface area contributed by atoms with E-state index in [-0.39, 0.29) is 0 Å². The van der Waals surface area contributed by atoms with Crippen molar-refractivity contribution in [2.75, 3.05) is 0 Å². The minimum absolute atomic E-state index is 0.673. The topological polar surface area (TPSA) is 51.8 Å². The van der Waals surface area contributed by atoms with Crippen molar-refractivity contribution in [3.05, 3.63) is 224 Å². The van der Waals surface area contributed by atoms with Crippen LogP contribution in [0.3, 0.4) is 0 Å². The number of nitrogens with zero attached hydrogens (tertiary/aromatic N) is 3. The second kappa shape index (κ2) is 15.2. The Bertz CT molecular complexity index is 3550. The van der Waals surface area contributed by atoms with Crippen LogP contribution < -0.4 is 0 Å². The van der Waals surface area contributed by atoms with Crippen molar-refractivity contribution in [3.63, 3.8) is 0 Å². The van der Waals surface area contributed by atoms with Crippen molar-refractivity contribution in [3.8, 4) is 78.5 Å². The third-order valence-corrected chi connectivity index (χ3v) is 12.1. The summed E-state index contributed by atoms with van der Waals surface area (Å²) in [4.78, 5) is 15.8. The third-order valence-electron chi connectivity index (χ3n) is 12.1. The summed E-state index contributed by atoms with van der Waals surface area (Å²) in [7, 11) is 0. The Balaban J connectivity index is 0.964. The van der Waals surface area contributed by atoms with Crippen molar-refractivity contribution in [2.24, 2.45) is 0 Å². The minimum atomic E-state index is 0.673. The Morgan fingerprint density at radius 2 is 0.810 bits per heavy atom. The lowest BCUT2D eigenvalue weighted by atomic mass is 9.96. The first-order chi connectivity index (χ1) is 31.2. The fourth-order valence-corrected chi connectivity index (χ4v) is 8.93. The molecule has 0 aliphatic heterocycles. The Morgan fingerprint density at radius 3 is 1.51 bits per heavy atom. The molecule has 4 heteroatoms. The van der Waals surface area contributed by atoms with Crippen molar-refractivity contribution in [1.29, 1.82) is 0 Å². The van der Waals surface area contributed by atoms with Gasteiger partial charge in [-0.2, -0.15) is 0 Å². The maximum atomic E-state index is 6.69. The number of para-hydroxylation sites is 1. The molecule has 9 aromatic carbocycles. The van der Waals surface area contributed by atoms with Crippen molar-refractivity contribution < 1.29 is 4.42 Å². The molecule has 63 heavy (non-hydrogen) atoms. The van der Waals surface area contributed by atoms with Crippen LogP contribution in [0.5, 0.6) is 0 Å². The second-order valence-corrected chi connectivity index (χ2v) is 16.0. The lowest BCUT2D eigenvalue weighted by Crippen LogP contribution is -1.96. The van der Waals surface area contributed by atoms with Gasteiger partial charge in [-0.05, 0) is 74.5 Å². The number of fused-ring (bicyclic) bond motifs is 7. The van der Waals surface area contributed by atoms with E-state index in [1.807, 2.05) is 24.3 Å². The zero-order valence-electron chi connectivity index (χ0n) is 34.1. The number of rotatable bonds is 7. The van der Waals surface area contributed by atoms with E-state index in [1.165, 1.54) is 21.9 Å². The van der Waals surface area contributed by atoms with E-state index in [0.29, 0.717) is 5.82 Å². The maximum absolute atomic E-state index is 6.69. The third kappa shape index (κ3) is 6.62. The number of pyridine rings is 1. The number of hydrogen-bond donors (Lipinski definition) is 0. The molecule has 3 heterocycles. The van der Waals surface area contributed by atoms with Crippen LogP contribution in [0.15, 0.2) is 229 Å². The van der Waals surface area contributed by atoms with Crippen LogP contribution in [0.25, 0.3) is 122 Å². The van der Waals surface area contributed by atoms with Gasteiger partial charge in [-0.25, -0.2) is 15.0 Å². The van der Waals surface area contributed by atoms with Crippen LogP contribution in [-0.4, -0.2) is 15.0 Å². The lowest BCUT2D eigenvalue weighted by Gasteiger charge is -2.12. The molecule has 0 fully saturated rings. The molecule has 4 nitrogen and oxygen atoms in total. The summed E-state index contributed by atoms with van der Waals surface area (Å²) in [5.74, 6) is 0.673. The smallest absolute Gasteiger partial charge is 0.162 e. The number of benzene rings is 9. The Hall–Kier alpha value is -8.47. The molecule has 0 aliphatic rings. The number of hydrogen-bond acceptors (Lipinski definition) is 4. The van der Waals surface area contributed by atoms with Crippen LogP contribution in [0.1, 0.15) is 0 Å². The molecule has 0 amide bonds. The maximum Gasteiger partial charge on any atom is 0.162 e. The van der Waals surface area contributed by atoms with Gasteiger partial charge < -0.3 is 4.42 Å². The van der Waals surface area contributed by atoms with Gasteiger partial charge in [0.1, 0.15) is 11.3 Å². The first-order valence-electron chi connectivity index (χ1n) is 21.2. The van der Waals surface area contributed by atoms with Crippen LogP contribution in [-0.2, 0) is 0 Å². The standard InChI is InChI=1S/C59H37N3O/c1-3-13-38(14-4-1)40-25-29-43(30-26-40)52-37-53(62-59(61-52)44-31-27-41(28-32-44)39-15-5-2-6-16-39)47-20-11-18-45(35-47)46-19-12-21-48(36-46)57-58-56(50-23-9-10-24-54(50)63-58)55-49-22-8-7-17-42(49)33-34-51(55)60-57/h1-37H. The monoisotopic (exact) mass is 803 g/mol. The molecule has 0 saturated carbocycles. The highest BCUT2D eigenvalue weighted by Crippen LogP contribution is 2.42. The fourth-order valence-electron chi connectivity index (χ4n) is 8.93.